The van der Waals surface area contributed by atoms with Gasteiger partial charge in [-0.15, -0.1) is 0 Å². The number of aryl methyl sites for hydroxylation is 2. The van der Waals surface area contributed by atoms with Crippen LogP contribution in [-0.4, -0.2) is 45.3 Å². The van der Waals surface area contributed by atoms with E-state index in [1.807, 2.05) is 0 Å². The van der Waals surface area contributed by atoms with Crippen LogP contribution in [0, 0.1) is 12.8 Å². The summed E-state index contributed by atoms with van der Waals surface area (Å²) in [5.41, 5.74) is 1.42. The summed E-state index contributed by atoms with van der Waals surface area (Å²) >= 11 is 0. The molecule has 2 aromatic rings. The molecule has 2 heterocycles. The maximum Gasteiger partial charge on any atom is 0.456 e. The van der Waals surface area contributed by atoms with Crippen LogP contribution >= 0.6 is 0 Å². The van der Waals surface area contributed by atoms with Crippen LogP contribution < -0.4 is 15.4 Å². The highest BCUT2D eigenvalue weighted by molar-refractivity contribution is 5.91. The second kappa shape index (κ2) is 10.3. The maximum atomic E-state index is 13.1. The molecule has 0 saturated heterocycles. The predicted molar refractivity (Wildman–Crippen MR) is 112 cm³/mol. The Labute approximate surface area is 192 Å². The molecule has 0 bridgehead atoms. The van der Waals surface area contributed by atoms with Crippen molar-refractivity contribution in [3.8, 4) is 5.88 Å². The number of carbonyl (C=O) groups is 2. The Kier molecular flexibility index (Phi) is 8.22. The molecule has 13 heteroatoms. The quantitative estimate of drug-likeness (QED) is 0.521. The minimum atomic E-state index is -5.74. The van der Waals surface area contributed by atoms with Gasteiger partial charge in [-0.25, -0.2) is 9.67 Å². The van der Waals surface area contributed by atoms with Gasteiger partial charge in [0.1, 0.15) is 5.82 Å². The molecule has 8 nitrogen and oxygen atoms in total. The Balaban J connectivity index is 2.02. The molecule has 2 aromatic heterocycles. The maximum absolute atomic E-state index is 13.1. The topological polar surface area (TPSA) is 98.1 Å². The molecular formula is C21H26F5N5O3. The number of hydrogen-bond acceptors (Lipinski definition) is 5. The number of amides is 2. The van der Waals surface area contributed by atoms with E-state index in [2.05, 4.69) is 25.5 Å². The number of anilines is 1. The Morgan fingerprint density at radius 3 is 2.35 bits per heavy atom. The van der Waals surface area contributed by atoms with Gasteiger partial charge in [-0.05, 0) is 31.5 Å². The molecule has 0 spiro atoms. The lowest BCUT2D eigenvalue weighted by Gasteiger charge is -2.19. The average molecular weight is 491 g/mol. The SMILES string of the molecule is Cc1cc(C(C)NC(=O)Cc2cc(OCC(F)(F)C(F)(F)F)n(C)n2)cc(NC(=O)C(C)C)n1. The average Bonchev–Trinajstić information content (AvgIpc) is 3.03. The first-order valence-corrected chi connectivity index (χ1v) is 10.3. The van der Waals surface area contributed by atoms with Crippen LogP contribution in [0.5, 0.6) is 5.88 Å². The van der Waals surface area contributed by atoms with E-state index in [9.17, 15) is 31.5 Å². The Bertz CT molecular complexity index is 1040. The fourth-order valence-corrected chi connectivity index (χ4v) is 2.79. The minimum Gasteiger partial charge on any atom is -0.471 e. The van der Waals surface area contributed by atoms with Crippen LogP contribution in [0.1, 0.15) is 43.8 Å². The van der Waals surface area contributed by atoms with Gasteiger partial charge in [-0.3, -0.25) is 9.59 Å². The number of aromatic nitrogens is 3. The summed E-state index contributed by atoms with van der Waals surface area (Å²) in [6.07, 6.45) is -6.01. The van der Waals surface area contributed by atoms with Crippen molar-refractivity contribution in [1.82, 2.24) is 20.1 Å². The molecule has 0 aliphatic heterocycles. The molecule has 0 aromatic carbocycles. The summed E-state index contributed by atoms with van der Waals surface area (Å²) in [5, 5.41) is 9.36. The first-order chi connectivity index (χ1) is 15.6. The van der Waals surface area contributed by atoms with Crippen molar-refractivity contribution in [2.24, 2.45) is 13.0 Å². The number of halogens is 5. The number of pyridine rings is 1. The van der Waals surface area contributed by atoms with E-state index in [4.69, 9.17) is 0 Å². The molecule has 0 saturated carbocycles. The molecule has 188 valence electrons. The van der Waals surface area contributed by atoms with Crippen LogP contribution in [0.25, 0.3) is 0 Å². The minimum absolute atomic E-state index is 0.119. The third kappa shape index (κ3) is 7.12. The molecule has 2 rings (SSSR count). The van der Waals surface area contributed by atoms with Gasteiger partial charge in [-0.2, -0.15) is 27.1 Å². The summed E-state index contributed by atoms with van der Waals surface area (Å²) in [7, 11) is 1.29. The third-order valence-corrected chi connectivity index (χ3v) is 4.67. The Morgan fingerprint density at radius 1 is 1.12 bits per heavy atom. The number of hydrogen-bond donors (Lipinski definition) is 2. The van der Waals surface area contributed by atoms with E-state index in [1.54, 1.807) is 39.8 Å². The smallest absolute Gasteiger partial charge is 0.456 e. The van der Waals surface area contributed by atoms with E-state index in [0.717, 1.165) is 10.7 Å². The highest BCUT2D eigenvalue weighted by Gasteiger charge is 2.58. The van der Waals surface area contributed by atoms with E-state index in [1.165, 1.54) is 7.05 Å². The van der Waals surface area contributed by atoms with Crippen LogP contribution in [0.15, 0.2) is 18.2 Å². The Morgan fingerprint density at radius 2 is 1.76 bits per heavy atom. The lowest BCUT2D eigenvalue weighted by molar-refractivity contribution is -0.290. The van der Waals surface area contributed by atoms with Gasteiger partial charge in [0.15, 0.2) is 6.61 Å². The molecule has 2 amide bonds. The molecule has 0 aliphatic carbocycles. The predicted octanol–water partition coefficient (Wildman–Crippen LogP) is 3.71. The van der Waals surface area contributed by atoms with Crippen molar-refractivity contribution >= 4 is 17.6 Å². The van der Waals surface area contributed by atoms with Crippen molar-refractivity contribution in [3.63, 3.8) is 0 Å². The summed E-state index contributed by atoms with van der Waals surface area (Å²) in [5.74, 6) is -5.94. The molecular weight excluding hydrogens is 465 g/mol. The van der Waals surface area contributed by atoms with Crippen molar-refractivity contribution in [2.45, 2.75) is 52.3 Å². The first-order valence-electron chi connectivity index (χ1n) is 10.3. The van der Waals surface area contributed by atoms with Crippen molar-refractivity contribution < 1.29 is 36.3 Å². The number of rotatable bonds is 9. The van der Waals surface area contributed by atoms with Gasteiger partial charge >= 0.3 is 12.1 Å². The highest BCUT2D eigenvalue weighted by atomic mass is 19.4. The second-order valence-corrected chi connectivity index (χ2v) is 8.13. The molecule has 0 radical (unpaired) electrons. The largest absolute Gasteiger partial charge is 0.471 e. The zero-order valence-electron chi connectivity index (χ0n) is 19.3. The van der Waals surface area contributed by atoms with E-state index >= 15 is 0 Å². The molecule has 2 N–H and O–H groups in total. The lowest BCUT2D eigenvalue weighted by Crippen LogP contribution is -2.42. The van der Waals surface area contributed by atoms with Gasteiger partial charge in [0.25, 0.3) is 0 Å². The zero-order chi connectivity index (χ0) is 25.8. The molecule has 0 fully saturated rings. The summed E-state index contributed by atoms with van der Waals surface area (Å²) < 4.78 is 68.5. The van der Waals surface area contributed by atoms with Gasteiger partial charge in [-0.1, -0.05) is 13.8 Å². The molecule has 0 aliphatic rings. The fourth-order valence-electron chi connectivity index (χ4n) is 2.79. The Hall–Kier alpha value is -3.25. The molecule has 34 heavy (non-hydrogen) atoms. The summed E-state index contributed by atoms with van der Waals surface area (Å²) in [4.78, 5) is 28.6. The normalized spacial score (nSPS) is 13.0. The van der Waals surface area contributed by atoms with Crippen molar-refractivity contribution in [3.05, 3.63) is 35.2 Å². The van der Waals surface area contributed by atoms with Crippen LogP contribution in [-0.2, 0) is 23.1 Å². The monoisotopic (exact) mass is 491 g/mol. The van der Waals surface area contributed by atoms with Gasteiger partial charge in [0.05, 0.1) is 18.2 Å². The van der Waals surface area contributed by atoms with E-state index in [0.29, 0.717) is 17.1 Å². The zero-order valence-corrected chi connectivity index (χ0v) is 19.3. The number of ether oxygens (including phenoxy) is 1. The van der Waals surface area contributed by atoms with Crippen LogP contribution in [0.2, 0.25) is 0 Å². The first kappa shape index (κ1) is 27.0. The fraction of sp³-hybridized carbons (Fsp3) is 0.524. The third-order valence-electron chi connectivity index (χ3n) is 4.67. The standard InChI is InChI=1S/C21H26F5N5O3/c1-11(2)19(33)29-16-7-14(6-12(3)27-16)13(4)28-17(32)8-15-9-18(31(5)30-15)34-10-20(22,23)21(24,25)26/h6-7,9,11,13H,8,10H2,1-5H3,(H,28,32)(H,27,29,33). The number of alkyl halides is 5. The summed E-state index contributed by atoms with van der Waals surface area (Å²) in [6, 6.07) is 4.01. The number of nitrogens with zero attached hydrogens (tertiary/aromatic N) is 3. The lowest BCUT2D eigenvalue weighted by atomic mass is 10.1. The van der Waals surface area contributed by atoms with Crippen molar-refractivity contribution in [1.29, 1.82) is 0 Å². The molecule has 1 unspecified atom stereocenters. The van der Waals surface area contributed by atoms with E-state index < -0.39 is 30.7 Å². The van der Waals surface area contributed by atoms with E-state index in [-0.39, 0.29) is 29.8 Å². The second-order valence-electron chi connectivity index (χ2n) is 8.13. The number of nitrogens with one attached hydrogen (secondary N) is 2. The van der Waals surface area contributed by atoms with Gasteiger partial charge in [0.2, 0.25) is 17.7 Å². The number of carbonyl (C=O) groups excluding carboxylic acids is 2. The van der Waals surface area contributed by atoms with Crippen LogP contribution in [0.4, 0.5) is 27.8 Å². The van der Waals surface area contributed by atoms with Crippen molar-refractivity contribution in [2.75, 3.05) is 11.9 Å². The summed E-state index contributed by atoms with van der Waals surface area (Å²) in [6.45, 7) is 5.03. The van der Waals surface area contributed by atoms with Gasteiger partial charge in [0, 0.05) is 24.7 Å². The highest BCUT2D eigenvalue weighted by Crippen LogP contribution is 2.35. The van der Waals surface area contributed by atoms with Crippen LogP contribution in [0.3, 0.4) is 0 Å². The van der Waals surface area contributed by atoms with Gasteiger partial charge < -0.3 is 15.4 Å². The molecule has 1 atom stereocenters.